The van der Waals surface area contributed by atoms with Crippen LogP contribution in [0.15, 0.2) is 48.7 Å². The molecule has 1 aromatic heterocycles. The number of hydrogen-bond acceptors (Lipinski definition) is 3. The second-order valence-corrected chi connectivity index (χ2v) is 6.14. The van der Waals surface area contributed by atoms with Crippen molar-refractivity contribution in [3.8, 4) is 0 Å². The lowest BCUT2D eigenvalue weighted by molar-refractivity contribution is -0.130. The van der Waals surface area contributed by atoms with Crippen LogP contribution in [-0.2, 0) is 11.2 Å². The van der Waals surface area contributed by atoms with E-state index in [0.717, 1.165) is 37.3 Å². The summed E-state index contributed by atoms with van der Waals surface area (Å²) < 4.78 is 0. The molecule has 0 radical (unpaired) electrons. The first-order chi connectivity index (χ1) is 11.2. The zero-order chi connectivity index (χ0) is 16.1. The maximum absolute atomic E-state index is 12.4. The van der Waals surface area contributed by atoms with Crippen LogP contribution in [0.1, 0.15) is 24.1 Å². The zero-order valence-corrected chi connectivity index (χ0v) is 13.5. The van der Waals surface area contributed by atoms with E-state index in [-0.39, 0.29) is 5.91 Å². The lowest BCUT2D eigenvalue weighted by Crippen LogP contribution is -2.31. The van der Waals surface area contributed by atoms with Gasteiger partial charge in [-0.3, -0.25) is 9.78 Å². The van der Waals surface area contributed by atoms with Crippen molar-refractivity contribution in [3.05, 3.63) is 59.9 Å². The molecule has 120 valence electrons. The van der Waals surface area contributed by atoms with Crippen LogP contribution in [0, 0.1) is 6.92 Å². The molecule has 2 heterocycles. The number of rotatable bonds is 5. The second kappa shape index (κ2) is 7.27. The third-order valence-corrected chi connectivity index (χ3v) is 4.28. The van der Waals surface area contributed by atoms with Gasteiger partial charge in [-0.15, -0.1) is 0 Å². The normalized spacial score (nSPS) is 17.3. The predicted octanol–water partition coefficient (Wildman–Crippen LogP) is 3.04. The Morgan fingerprint density at radius 3 is 2.91 bits per heavy atom. The van der Waals surface area contributed by atoms with Gasteiger partial charge < -0.3 is 10.2 Å². The average Bonchev–Trinajstić information content (AvgIpc) is 3.02. The van der Waals surface area contributed by atoms with Gasteiger partial charge in [-0.1, -0.05) is 30.3 Å². The number of nitrogens with zero attached hydrogens (tertiary/aromatic N) is 2. The lowest BCUT2D eigenvalue weighted by Gasteiger charge is -2.18. The molecular weight excluding hydrogens is 286 g/mol. The van der Waals surface area contributed by atoms with Crippen molar-refractivity contribution >= 4 is 11.6 Å². The maximum Gasteiger partial charge on any atom is 0.222 e. The fourth-order valence-electron chi connectivity index (χ4n) is 3.03. The Labute approximate surface area is 137 Å². The molecule has 0 spiro atoms. The summed E-state index contributed by atoms with van der Waals surface area (Å²) in [6, 6.07) is 14.5. The Bertz CT molecular complexity index is 657. The Balaban J connectivity index is 1.48. The molecule has 4 nitrogen and oxygen atoms in total. The van der Waals surface area contributed by atoms with E-state index in [0.29, 0.717) is 12.5 Å². The van der Waals surface area contributed by atoms with Gasteiger partial charge in [0, 0.05) is 43.1 Å². The van der Waals surface area contributed by atoms with E-state index in [4.69, 9.17) is 0 Å². The first-order valence-electron chi connectivity index (χ1n) is 8.21. The highest BCUT2D eigenvalue weighted by molar-refractivity contribution is 5.77. The molecule has 2 aromatic rings. The predicted molar refractivity (Wildman–Crippen MR) is 92.3 cm³/mol. The molecule has 1 amide bonds. The monoisotopic (exact) mass is 309 g/mol. The number of amides is 1. The fraction of sp³-hybridized carbons (Fsp3) is 0.368. The van der Waals surface area contributed by atoms with E-state index in [1.54, 1.807) is 0 Å². The molecule has 1 aromatic carbocycles. The molecule has 23 heavy (non-hydrogen) atoms. The van der Waals surface area contributed by atoms with Gasteiger partial charge in [-0.05, 0) is 37.5 Å². The van der Waals surface area contributed by atoms with Crippen molar-refractivity contribution in [3.63, 3.8) is 0 Å². The van der Waals surface area contributed by atoms with Gasteiger partial charge in [0.1, 0.15) is 0 Å². The lowest BCUT2D eigenvalue weighted by atomic mass is 10.1. The number of aryl methyl sites for hydroxylation is 2. The average molecular weight is 309 g/mol. The first-order valence-corrected chi connectivity index (χ1v) is 8.21. The number of hydrogen-bond donors (Lipinski definition) is 1. The second-order valence-electron chi connectivity index (χ2n) is 6.14. The highest BCUT2D eigenvalue weighted by Gasteiger charge is 2.25. The molecular formula is C19H23N3O. The summed E-state index contributed by atoms with van der Waals surface area (Å²) in [5.74, 6) is 0.254. The number of carbonyl (C=O) groups excluding carboxylic acids is 1. The third-order valence-electron chi connectivity index (χ3n) is 4.28. The van der Waals surface area contributed by atoms with E-state index in [9.17, 15) is 4.79 Å². The number of benzene rings is 1. The molecule has 4 heteroatoms. The molecule has 0 bridgehead atoms. The highest BCUT2D eigenvalue weighted by Crippen LogP contribution is 2.17. The Morgan fingerprint density at radius 2 is 2.13 bits per heavy atom. The van der Waals surface area contributed by atoms with Gasteiger partial charge in [0.25, 0.3) is 0 Å². The molecule has 1 fully saturated rings. The number of anilines is 1. The Kier molecular flexibility index (Phi) is 4.91. The summed E-state index contributed by atoms with van der Waals surface area (Å²) in [5, 5.41) is 3.51. The van der Waals surface area contributed by atoms with Crippen LogP contribution < -0.4 is 5.32 Å². The summed E-state index contributed by atoms with van der Waals surface area (Å²) in [4.78, 5) is 18.5. The quantitative estimate of drug-likeness (QED) is 0.923. The minimum Gasteiger partial charge on any atom is -0.380 e. The number of likely N-dealkylation sites (tertiary alicyclic amines) is 1. The molecule has 1 atom stereocenters. The van der Waals surface area contributed by atoms with Gasteiger partial charge in [0.05, 0.1) is 0 Å². The summed E-state index contributed by atoms with van der Waals surface area (Å²) in [6.07, 6.45) is 4.22. The van der Waals surface area contributed by atoms with Crippen LogP contribution in [-0.4, -0.2) is 34.9 Å². The topological polar surface area (TPSA) is 45.2 Å². The van der Waals surface area contributed by atoms with Gasteiger partial charge in [0.2, 0.25) is 5.91 Å². The van der Waals surface area contributed by atoms with Crippen molar-refractivity contribution in [2.24, 2.45) is 0 Å². The van der Waals surface area contributed by atoms with Gasteiger partial charge >= 0.3 is 0 Å². The van der Waals surface area contributed by atoms with E-state index >= 15 is 0 Å². The van der Waals surface area contributed by atoms with Gasteiger partial charge in [-0.25, -0.2) is 0 Å². The zero-order valence-electron chi connectivity index (χ0n) is 13.5. The third kappa shape index (κ3) is 4.31. The largest absolute Gasteiger partial charge is 0.380 e. The Hall–Kier alpha value is -2.36. The fourth-order valence-corrected chi connectivity index (χ4v) is 3.03. The maximum atomic E-state index is 12.4. The summed E-state index contributed by atoms with van der Waals surface area (Å²) in [5.41, 5.74) is 3.31. The minimum atomic E-state index is 0.254. The molecule has 1 unspecified atom stereocenters. The van der Waals surface area contributed by atoms with E-state index in [2.05, 4.69) is 22.4 Å². The number of pyridine rings is 1. The summed E-state index contributed by atoms with van der Waals surface area (Å²) in [6.45, 7) is 3.61. The standard InChI is InChI=1S/C19H23N3O/c1-15-13-17(9-11-20-15)21-18-10-12-22(14-18)19(23)8-7-16-5-3-2-4-6-16/h2-6,9,11,13,18H,7-8,10,12,14H2,1H3,(H,20,21). The summed E-state index contributed by atoms with van der Waals surface area (Å²) >= 11 is 0. The van der Waals surface area contributed by atoms with Crippen LogP contribution in [0.2, 0.25) is 0 Å². The van der Waals surface area contributed by atoms with Crippen LogP contribution >= 0.6 is 0 Å². The van der Waals surface area contributed by atoms with Gasteiger partial charge in [0.15, 0.2) is 0 Å². The van der Waals surface area contributed by atoms with Crippen LogP contribution in [0.5, 0.6) is 0 Å². The van der Waals surface area contributed by atoms with Crippen molar-refractivity contribution in [2.75, 3.05) is 18.4 Å². The smallest absolute Gasteiger partial charge is 0.222 e. The SMILES string of the molecule is Cc1cc(NC2CCN(C(=O)CCc3ccccc3)C2)ccn1. The van der Waals surface area contributed by atoms with E-state index in [1.807, 2.05) is 48.4 Å². The molecule has 1 N–H and O–H groups in total. The number of nitrogens with one attached hydrogen (secondary N) is 1. The first kappa shape index (κ1) is 15.5. The highest BCUT2D eigenvalue weighted by atomic mass is 16.2. The molecule has 1 saturated heterocycles. The molecule has 0 saturated carbocycles. The molecule has 3 rings (SSSR count). The molecule has 1 aliphatic heterocycles. The van der Waals surface area contributed by atoms with Gasteiger partial charge in [-0.2, -0.15) is 0 Å². The van der Waals surface area contributed by atoms with E-state index in [1.165, 1.54) is 5.56 Å². The van der Waals surface area contributed by atoms with E-state index < -0.39 is 0 Å². The van der Waals surface area contributed by atoms with Crippen molar-refractivity contribution < 1.29 is 4.79 Å². The van der Waals surface area contributed by atoms with Crippen molar-refractivity contribution in [1.29, 1.82) is 0 Å². The van der Waals surface area contributed by atoms with Crippen LogP contribution in [0.25, 0.3) is 0 Å². The number of carbonyl (C=O) groups is 1. The van der Waals surface area contributed by atoms with Crippen LogP contribution in [0.4, 0.5) is 5.69 Å². The van der Waals surface area contributed by atoms with Crippen molar-refractivity contribution in [2.45, 2.75) is 32.2 Å². The Morgan fingerprint density at radius 1 is 1.30 bits per heavy atom. The van der Waals surface area contributed by atoms with Crippen LogP contribution in [0.3, 0.4) is 0 Å². The van der Waals surface area contributed by atoms with Crippen molar-refractivity contribution in [1.82, 2.24) is 9.88 Å². The summed E-state index contributed by atoms with van der Waals surface area (Å²) in [7, 11) is 0. The minimum absolute atomic E-state index is 0.254. The molecule has 1 aliphatic rings. The molecule has 0 aliphatic carbocycles. The number of aromatic nitrogens is 1.